The number of sulfonamides is 1. The van der Waals surface area contributed by atoms with E-state index in [1.165, 1.54) is 11.0 Å². The molecule has 0 fully saturated rings. The summed E-state index contributed by atoms with van der Waals surface area (Å²) in [6.07, 6.45) is -1.05. The van der Waals surface area contributed by atoms with Crippen LogP contribution in [0.2, 0.25) is 0 Å². The molecule has 0 saturated heterocycles. The third kappa shape index (κ3) is 10.2. The maximum Gasteiger partial charge on any atom is 0.416 e. The second-order valence-electron chi connectivity index (χ2n) is 9.38. The number of carbonyl (C=O) groups is 2. The number of nitrogens with zero attached hydrogens (tertiary/aromatic N) is 2. The smallest absolute Gasteiger partial charge is 0.354 e. The molecule has 2 aromatic rings. The Balaban J connectivity index is 2.18. The van der Waals surface area contributed by atoms with Gasteiger partial charge in [0.2, 0.25) is 21.8 Å². The van der Waals surface area contributed by atoms with Crippen LogP contribution in [0.3, 0.4) is 0 Å². The summed E-state index contributed by atoms with van der Waals surface area (Å²) >= 11 is 0. The summed E-state index contributed by atoms with van der Waals surface area (Å²) in [6.45, 7) is 4.46. The van der Waals surface area contributed by atoms with Gasteiger partial charge < -0.3 is 10.2 Å². The second kappa shape index (κ2) is 14.9. The molecule has 0 aliphatic heterocycles. The summed E-state index contributed by atoms with van der Waals surface area (Å²) in [4.78, 5) is 27.8. The van der Waals surface area contributed by atoms with Gasteiger partial charge >= 0.3 is 6.18 Å². The number of nitrogens with one attached hydrogen (secondary N) is 1. The molecule has 1 N–H and O–H groups in total. The Morgan fingerprint density at radius 3 is 2.26 bits per heavy atom. The molecule has 7 nitrogen and oxygen atoms in total. The number of benzene rings is 2. The molecular weight excluding hydrogens is 531 g/mol. The van der Waals surface area contributed by atoms with Gasteiger partial charge in [-0.05, 0) is 49.4 Å². The van der Waals surface area contributed by atoms with Crippen LogP contribution in [0.4, 0.5) is 18.9 Å². The van der Waals surface area contributed by atoms with Crippen LogP contribution in [0.1, 0.15) is 57.1 Å². The molecule has 0 heterocycles. The Morgan fingerprint density at radius 2 is 1.67 bits per heavy atom. The molecule has 0 aliphatic carbocycles. The molecule has 0 radical (unpaired) electrons. The average molecular weight is 570 g/mol. The van der Waals surface area contributed by atoms with Crippen molar-refractivity contribution in [3.8, 4) is 0 Å². The van der Waals surface area contributed by atoms with E-state index in [0.717, 1.165) is 47.2 Å². The minimum Gasteiger partial charge on any atom is -0.354 e. The van der Waals surface area contributed by atoms with E-state index in [2.05, 4.69) is 5.32 Å². The minimum atomic E-state index is -4.62. The van der Waals surface area contributed by atoms with E-state index >= 15 is 0 Å². The Kier molecular flexibility index (Phi) is 12.3. The van der Waals surface area contributed by atoms with Gasteiger partial charge in [0.05, 0.1) is 17.5 Å². The van der Waals surface area contributed by atoms with Gasteiger partial charge in [0.25, 0.3) is 0 Å². The summed E-state index contributed by atoms with van der Waals surface area (Å²) in [6, 6.07) is 12.9. The van der Waals surface area contributed by atoms with Crippen LogP contribution in [0.5, 0.6) is 0 Å². The normalized spacial score (nSPS) is 12.6. The number of halogens is 3. The molecule has 2 rings (SSSR count). The fourth-order valence-electron chi connectivity index (χ4n) is 4.24. The van der Waals surface area contributed by atoms with Crippen molar-refractivity contribution in [3.63, 3.8) is 0 Å². The lowest BCUT2D eigenvalue weighted by molar-refractivity contribution is -0.140. The van der Waals surface area contributed by atoms with E-state index in [4.69, 9.17) is 0 Å². The van der Waals surface area contributed by atoms with Crippen LogP contribution in [0.25, 0.3) is 0 Å². The number of hydrogen-bond donors (Lipinski definition) is 1. The number of amides is 2. The first-order chi connectivity index (χ1) is 18.4. The zero-order valence-electron chi connectivity index (χ0n) is 22.7. The third-order valence-corrected chi connectivity index (χ3v) is 7.51. The first-order valence-corrected chi connectivity index (χ1v) is 15.0. The van der Waals surface area contributed by atoms with E-state index < -0.39 is 27.8 Å². The van der Waals surface area contributed by atoms with Crippen molar-refractivity contribution < 1.29 is 31.2 Å². The standard InChI is InChI=1S/C28H38F3N3O4S/c1-4-6-18-32-27(36)25(5-2)33(20-17-22-12-8-7-9-13-22)26(35)16-11-19-34(39(3,37)38)24-15-10-14-23(21-24)28(29,30)31/h7-10,12-15,21,25H,4-6,11,16-20H2,1-3H3,(H,32,36)/t25-/m0/s1. The van der Waals surface area contributed by atoms with Gasteiger partial charge in [0.1, 0.15) is 6.04 Å². The largest absolute Gasteiger partial charge is 0.416 e. The van der Waals surface area contributed by atoms with Crippen LogP contribution in [-0.2, 0) is 32.2 Å². The van der Waals surface area contributed by atoms with E-state index in [1.54, 1.807) is 0 Å². The maximum absolute atomic E-state index is 13.4. The molecule has 0 aliphatic rings. The van der Waals surface area contributed by atoms with Gasteiger partial charge in [-0.2, -0.15) is 13.2 Å². The second-order valence-corrected chi connectivity index (χ2v) is 11.3. The van der Waals surface area contributed by atoms with Gasteiger partial charge in [0.15, 0.2) is 0 Å². The van der Waals surface area contributed by atoms with Crippen molar-refractivity contribution in [2.24, 2.45) is 0 Å². The van der Waals surface area contributed by atoms with Crippen molar-refractivity contribution in [1.29, 1.82) is 0 Å². The van der Waals surface area contributed by atoms with Gasteiger partial charge in [-0.1, -0.05) is 56.7 Å². The summed E-state index contributed by atoms with van der Waals surface area (Å²) in [5.41, 5.74) is -0.0801. The zero-order chi connectivity index (χ0) is 29.1. The average Bonchev–Trinajstić information content (AvgIpc) is 2.88. The van der Waals surface area contributed by atoms with Gasteiger partial charge in [-0.15, -0.1) is 0 Å². The van der Waals surface area contributed by atoms with Gasteiger partial charge in [0, 0.05) is 26.1 Å². The molecule has 2 amide bonds. The van der Waals surface area contributed by atoms with Crippen molar-refractivity contribution in [1.82, 2.24) is 10.2 Å². The predicted octanol–water partition coefficient (Wildman–Crippen LogP) is 5.02. The monoisotopic (exact) mass is 569 g/mol. The molecule has 0 spiro atoms. The van der Waals surface area contributed by atoms with E-state index in [1.807, 2.05) is 44.2 Å². The highest BCUT2D eigenvalue weighted by atomic mass is 32.2. The van der Waals surface area contributed by atoms with Crippen molar-refractivity contribution in [2.45, 2.75) is 64.6 Å². The minimum absolute atomic E-state index is 0.0673. The number of alkyl halides is 3. The molecule has 0 aromatic heterocycles. The van der Waals surface area contributed by atoms with Crippen LogP contribution in [-0.4, -0.2) is 57.1 Å². The lowest BCUT2D eigenvalue weighted by Crippen LogP contribution is -2.50. The number of rotatable bonds is 15. The molecule has 0 unspecified atom stereocenters. The number of carbonyl (C=O) groups excluding carboxylic acids is 2. The number of anilines is 1. The van der Waals surface area contributed by atoms with Crippen LogP contribution >= 0.6 is 0 Å². The van der Waals surface area contributed by atoms with Crippen LogP contribution in [0.15, 0.2) is 54.6 Å². The number of hydrogen-bond acceptors (Lipinski definition) is 4. The van der Waals surface area contributed by atoms with E-state index in [0.29, 0.717) is 25.9 Å². The fraction of sp³-hybridized carbons (Fsp3) is 0.500. The molecule has 0 saturated carbocycles. The third-order valence-electron chi connectivity index (χ3n) is 6.31. The lowest BCUT2D eigenvalue weighted by Gasteiger charge is -2.31. The molecule has 39 heavy (non-hydrogen) atoms. The fourth-order valence-corrected chi connectivity index (χ4v) is 5.20. The van der Waals surface area contributed by atoms with Crippen LogP contribution < -0.4 is 9.62 Å². The Hall–Kier alpha value is -3.08. The molecule has 0 bridgehead atoms. The maximum atomic E-state index is 13.4. The Labute approximate surface area is 229 Å². The van der Waals surface area contributed by atoms with E-state index in [-0.39, 0.29) is 36.9 Å². The molecular formula is C28H38F3N3O4S. The number of unbranched alkanes of at least 4 members (excludes halogenated alkanes) is 1. The van der Waals surface area contributed by atoms with E-state index in [9.17, 15) is 31.2 Å². The molecule has 216 valence electrons. The molecule has 1 atom stereocenters. The highest BCUT2D eigenvalue weighted by molar-refractivity contribution is 7.92. The Morgan fingerprint density at radius 1 is 0.974 bits per heavy atom. The first kappa shape index (κ1) is 32.1. The summed E-state index contributed by atoms with van der Waals surface area (Å²) in [5, 5.41) is 2.89. The van der Waals surface area contributed by atoms with Crippen molar-refractivity contribution in [3.05, 3.63) is 65.7 Å². The predicted molar refractivity (Wildman–Crippen MR) is 147 cm³/mol. The van der Waals surface area contributed by atoms with Crippen LogP contribution in [0, 0.1) is 0 Å². The highest BCUT2D eigenvalue weighted by Crippen LogP contribution is 2.32. The topological polar surface area (TPSA) is 86.8 Å². The molecule has 2 aromatic carbocycles. The van der Waals surface area contributed by atoms with Crippen molar-refractivity contribution >= 4 is 27.5 Å². The van der Waals surface area contributed by atoms with Crippen molar-refractivity contribution in [2.75, 3.05) is 30.2 Å². The summed E-state index contributed by atoms with van der Waals surface area (Å²) < 4.78 is 65.3. The van der Waals surface area contributed by atoms with Gasteiger partial charge in [-0.25, -0.2) is 8.42 Å². The van der Waals surface area contributed by atoms with Gasteiger partial charge in [-0.3, -0.25) is 13.9 Å². The lowest BCUT2D eigenvalue weighted by atomic mass is 10.1. The molecule has 11 heteroatoms. The SMILES string of the molecule is CCCCNC(=O)[C@H](CC)N(CCc1ccccc1)C(=O)CCCN(c1cccc(C(F)(F)F)c1)S(C)(=O)=O. The Bertz CT molecular complexity index is 1170. The quantitative estimate of drug-likeness (QED) is 0.305. The first-order valence-electron chi connectivity index (χ1n) is 13.1. The highest BCUT2D eigenvalue weighted by Gasteiger charge is 2.32. The summed E-state index contributed by atoms with van der Waals surface area (Å²) in [7, 11) is -3.91. The summed E-state index contributed by atoms with van der Waals surface area (Å²) in [5.74, 6) is -0.560. The zero-order valence-corrected chi connectivity index (χ0v) is 23.5.